The number of aryl methyl sites for hydroxylation is 1. The first-order chi connectivity index (χ1) is 15.2. The molecule has 0 unspecified atom stereocenters. The van der Waals surface area contributed by atoms with E-state index in [1.165, 1.54) is 16.7 Å². The molecule has 0 bridgehead atoms. The fraction of sp³-hybridized carbons (Fsp3) is 0.480. The van der Waals surface area contributed by atoms with Gasteiger partial charge in [-0.1, -0.05) is 30.3 Å². The van der Waals surface area contributed by atoms with Crippen LogP contribution in [0.5, 0.6) is 11.5 Å². The maximum Gasteiger partial charge on any atom is 0.234 e. The van der Waals surface area contributed by atoms with Gasteiger partial charge in [0.1, 0.15) is 0 Å². The monoisotopic (exact) mass is 423 g/mol. The summed E-state index contributed by atoms with van der Waals surface area (Å²) in [6.07, 6.45) is 3.28. The summed E-state index contributed by atoms with van der Waals surface area (Å²) in [5.74, 6) is 1.65. The highest BCUT2D eigenvalue weighted by molar-refractivity contribution is 5.78. The number of hydrogen-bond donors (Lipinski definition) is 1. The van der Waals surface area contributed by atoms with Crippen LogP contribution in [-0.2, 0) is 17.8 Å². The number of piperazine rings is 1. The van der Waals surface area contributed by atoms with Crippen LogP contribution in [0.25, 0.3) is 0 Å². The van der Waals surface area contributed by atoms with Crippen LogP contribution in [0, 0.1) is 0 Å². The molecule has 1 aliphatic carbocycles. The molecule has 1 amide bonds. The van der Waals surface area contributed by atoms with E-state index in [0.29, 0.717) is 6.54 Å². The zero-order valence-electron chi connectivity index (χ0n) is 18.6. The number of carbonyl (C=O) groups excluding carboxylic acids is 1. The summed E-state index contributed by atoms with van der Waals surface area (Å²) in [6.45, 7) is 5.06. The summed E-state index contributed by atoms with van der Waals surface area (Å²) in [7, 11) is 3.32. The lowest BCUT2D eigenvalue weighted by Gasteiger charge is -2.35. The number of nitrogens with zero attached hydrogens (tertiary/aromatic N) is 2. The van der Waals surface area contributed by atoms with Gasteiger partial charge >= 0.3 is 0 Å². The average Bonchev–Trinajstić information content (AvgIpc) is 2.80. The van der Waals surface area contributed by atoms with Crippen molar-refractivity contribution >= 4 is 5.91 Å². The van der Waals surface area contributed by atoms with E-state index in [0.717, 1.165) is 63.5 Å². The van der Waals surface area contributed by atoms with Crippen LogP contribution in [0.3, 0.4) is 0 Å². The molecule has 2 aliphatic rings. The molecule has 2 aromatic carbocycles. The van der Waals surface area contributed by atoms with Gasteiger partial charge in [0, 0.05) is 32.7 Å². The van der Waals surface area contributed by atoms with Crippen LogP contribution >= 0.6 is 0 Å². The maximum absolute atomic E-state index is 12.7. The molecule has 6 nitrogen and oxygen atoms in total. The Balaban J connectivity index is 1.25. The number of rotatable bonds is 7. The Kier molecular flexibility index (Phi) is 7.10. The Morgan fingerprint density at radius 2 is 1.74 bits per heavy atom. The molecule has 31 heavy (non-hydrogen) atoms. The number of methoxy groups -OCH3 is 2. The van der Waals surface area contributed by atoms with E-state index in [1.54, 1.807) is 14.2 Å². The Labute approximate surface area is 185 Å². The predicted molar refractivity (Wildman–Crippen MR) is 122 cm³/mol. The van der Waals surface area contributed by atoms with Crippen molar-refractivity contribution in [3.63, 3.8) is 0 Å². The molecule has 1 heterocycles. The molecule has 1 atom stereocenters. The van der Waals surface area contributed by atoms with Crippen molar-refractivity contribution in [2.24, 2.45) is 0 Å². The van der Waals surface area contributed by atoms with Crippen LogP contribution in [0.1, 0.15) is 35.6 Å². The SMILES string of the molecule is COc1ccc(CN2CCN(CC(=O)N[C@@H]3CCCc4ccccc43)CC2)cc1OC. The molecule has 1 aliphatic heterocycles. The van der Waals surface area contributed by atoms with Gasteiger partial charge in [-0.25, -0.2) is 0 Å². The Morgan fingerprint density at radius 1 is 1.00 bits per heavy atom. The van der Waals surface area contributed by atoms with E-state index in [4.69, 9.17) is 9.47 Å². The lowest BCUT2D eigenvalue weighted by atomic mass is 9.88. The third kappa shape index (κ3) is 5.38. The Hall–Kier alpha value is -2.57. The summed E-state index contributed by atoms with van der Waals surface area (Å²) in [4.78, 5) is 17.4. The quantitative estimate of drug-likeness (QED) is 0.742. The summed E-state index contributed by atoms with van der Waals surface area (Å²) in [6, 6.07) is 14.7. The molecule has 1 N–H and O–H groups in total. The minimum absolute atomic E-state index is 0.134. The number of hydrogen-bond acceptors (Lipinski definition) is 5. The first-order valence-electron chi connectivity index (χ1n) is 11.2. The van der Waals surface area contributed by atoms with Crippen LogP contribution < -0.4 is 14.8 Å². The molecular weight excluding hydrogens is 390 g/mol. The molecule has 0 aromatic heterocycles. The minimum Gasteiger partial charge on any atom is -0.493 e. The van der Waals surface area contributed by atoms with Crippen molar-refractivity contribution in [1.29, 1.82) is 0 Å². The van der Waals surface area contributed by atoms with Crippen LogP contribution in [0.2, 0.25) is 0 Å². The van der Waals surface area contributed by atoms with Gasteiger partial charge in [-0.05, 0) is 48.1 Å². The van der Waals surface area contributed by atoms with Crippen LogP contribution in [-0.4, -0.2) is 62.7 Å². The van der Waals surface area contributed by atoms with E-state index in [9.17, 15) is 4.79 Å². The fourth-order valence-corrected chi connectivity index (χ4v) is 4.69. The third-order valence-corrected chi connectivity index (χ3v) is 6.39. The third-order valence-electron chi connectivity index (χ3n) is 6.39. The first kappa shape index (κ1) is 21.7. The first-order valence-corrected chi connectivity index (χ1v) is 11.2. The van der Waals surface area contributed by atoms with Crippen molar-refractivity contribution in [1.82, 2.24) is 15.1 Å². The number of amides is 1. The van der Waals surface area contributed by atoms with Gasteiger partial charge in [-0.3, -0.25) is 14.6 Å². The molecule has 6 heteroatoms. The Bertz CT molecular complexity index is 893. The van der Waals surface area contributed by atoms with Crippen molar-refractivity contribution < 1.29 is 14.3 Å². The summed E-state index contributed by atoms with van der Waals surface area (Å²) in [5.41, 5.74) is 3.88. The average molecular weight is 424 g/mol. The van der Waals surface area contributed by atoms with Crippen LogP contribution in [0.15, 0.2) is 42.5 Å². The fourth-order valence-electron chi connectivity index (χ4n) is 4.69. The van der Waals surface area contributed by atoms with Gasteiger partial charge in [0.05, 0.1) is 26.8 Å². The van der Waals surface area contributed by atoms with E-state index < -0.39 is 0 Å². The number of fused-ring (bicyclic) bond motifs is 1. The van der Waals surface area contributed by atoms with E-state index in [-0.39, 0.29) is 11.9 Å². The predicted octanol–water partition coefficient (Wildman–Crippen LogP) is 3.02. The van der Waals surface area contributed by atoms with Gasteiger partial charge in [0.15, 0.2) is 11.5 Å². The van der Waals surface area contributed by atoms with Gasteiger partial charge in [-0.2, -0.15) is 0 Å². The van der Waals surface area contributed by atoms with Crippen molar-refractivity contribution in [2.45, 2.75) is 31.8 Å². The number of ether oxygens (including phenoxy) is 2. The smallest absolute Gasteiger partial charge is 0.234 e. The van der Waals surface area contributed by atoms with E-state index >= 15 is 0 Å². The summed E-state index contributed by atoms with van der Waals surface area (Å²) < 4.78 is 10.7. The largest absolute Gasteiger partial charge is 0.493 e. The zero-order chi connectivity index (χ0) is 21.6. The molecular formula is C25H33N3O3. The van der Waals surface area contributed by atoms with Crippen molar-refractivity contribution in [2.75, 3.05) is 46.9 Å². The van der Waals surface area contributed by atoms with Crippen molar-refractivity contribution in [3.8, 4) is 11.5 Å². The minimum atomic E-state index is 0.134. The van der Waals surface area contributed by atoms with Gasteiger partial charge in [0.25, 0.3) is 0 Å². The molecule has 4 rings (SSSR count). The van der Waals surface area contributed by atoms with Gasteiger partial charge in [-0.15, -0.1) is 0 Å². The second kappa shape index (κ2) is 10.2. The normalized spacial score (nSPS) is 19.5. The number of carbonyl (C=O) groups is 1. The molecule has 166 valence electrons. The molecule has 0 spiro atoms. The van der Waals surface area contributed by atoms with Gasteiger partial charge < -0.3 is 14.8 Å². The highest BCUT2D eigenvalue weighted by Crippen LogP contribution is 2.30. The topological polar surface area (TPSA) is 54.0 Å². The lowest BCUT2D eigenvalue weighted by molar-refractivity contribution is -0.123. The lowest BCUT2D eigenvalue weighted by Crippen LogP contribution is -2.49. The molecule has 0 radical (unpaired) electrons. The number of benzene rings is 2. The highest BCUT2D eigenvalue weighted by atomic mass is 16.5. The number of nitrogens with one attached hydrogen (secondary N) is 1. The molecule has 1 fully saturated rings. The second-order valence-electron chi connectivity index (χ2n) is 8.45. The van der Waals surface area contributed by atoms with E-state index in [1.807, 2.05) is 12.1 Å². The summed E-state index contributed by atoms with van der Waals surface area (Å²) in [5, 5.41) is 3.28. The summed E-state index contributed by atoms with van der Waals surface area (Å²) >= 11 is 0. The molecule has 1 saturated heterocycles. The van der Waals surface area contributed by atoms with E-state index in [2.05, 4.69) is 45.4 Å². The second-order valence-corrected chi connectivity index (χ2v) is 8.45. The molecule has 2 aromatic rings. The Morgan fingerprint density at radius 3 is 2.52 bits per heavy atom. The standard InChI is InChI=1S/C25H33N3O3/c1-30-23-11-10-19(16-24(23)31-2)17-27-12-14-28(15-13-27)18-25(29)26-22-9-5-7-20-6-3-4-8-21(20)22/h3-4,6,8,10-11,16,22H,5,7,9,12-15,17-18H2,1-2H3,(H,26,29)/t22-/m1/s1. The maximum atomic E-state index is 12.7. The van der Waals surface area contributed by atoms with Crippen LogP contribution in [0.4, 0.5) is 0 Å². The molecule has 0 saturated carbocycles. The van der Waals surface area contributed by atoms with Crippen molar-refractivity contribution in [3.05, 3.63) is 59.2 Å². The highest BCUT2D eigenvalue weighted by Gasteiger charge is 2.24. The van der Waals surface area contributed by atoms with Gasteiger partial charge in [0.2, 0.25) is 5.91 Å². The zero-order valence-corrected chi connectivity index (χ0v) is 18.6.